The zero-order chi connectivity index (χ0) is 19.8. The normalized spacial score (nSPS) is 10.5. The molecule has 0 spiro atoms. The van der Waals surface area contributed by atoms with E-state index >= 15 is 0 Å². The number of aliphatic hydroxyl groups excluding tert-OH is 1. The van der Waals surface area contributed by atoms with Crippen molar-refractivity contribution in [2.24, 2.45) is 0 Å². The lowest BCUT2D eigenvalue weighted by Gasteiger charge is -2.11. The molecule has 6 nitrogen and oxygen atoms in total. The Labute approximate surface area is 177 Å². The second-order valence-electron chi connectivity index (χ2n) is 5.93. The average Bonchev–Trinajstić information content (AvgIpc) is 2.72. The third-order valence-electron chi connectivity index (χ3n) is 3.98. The monoisotopic (exact) mass is 493 g/mol. The molecule has 3 rings (SSSR count). The summed E-state index contributed by atoms with van der Waals surface area (Å²) < 4.78 is 15.8. The van der Waals surface area contributed by atoms with Gasteiger partial charge in [0.15, 0.2) is 28.8 Å². The Bertz CT molecular complexity index is 902. The quantitative estimate of drug-likeness (QED) is 0.197. The minimum absolute atomic E-state index is 0.0362. The molecular formula is C21H20INO5. The molecule has 0 bridgehead atoms. The van der Waals surface area contributed by atoms with Crippen molar-refractivity contribution in [3.63, 3.8) is 0 Å². The van der Waals surface area contributed by atoms with Crippen molar-refractivity contribution in [3.8, 4) is 28.4 Å². The van der Waals surface area contributed by atoms with Crippen molar-refractivity contribution in [2.75, 3.05) is 18.9 Å². The third-order valence-corrected chi connectivity index (χ3v) is 4.16. The number of anilines is 1. The Balaban J connectivity index is 1.68. The predicted octanol–water partition coefficient (Wildman–Crippen LogP) is 4.55. The Hall–Kier alpha value is -2.49. The van der Waals surface area contributed by atoms with E-state index in [1.54, 1.807) is 41.2 Å². The van der Waals surface area contributed by atoms with Crippen LogP contribution >= 0.6 is 23.0 Å². The van der Waals surface area contributed by atoms with Crippen LogP contribution in [0.25, 0.3) is 11.1 Å². The van der Waals surface area contributed by atoms with Crippen LogP contribution < -0.4 is 20.1 Å². The van der Waals surface area contributed by atoms with Gasteiger partial charge in [0.25, 0.3) is 0 Å². The van der Waals surface area contributed by atoms with E-state index in [0.29, 0.717) is 23.8 Å². The first kappa shape index (κ1) is 20.2. The first-order valence-electron chi connectivity index (χ1n) is 8.60. The lowest BCUT2D eigenvalue weighted by atomic mass is 10.0. The molecule has 0 amide bonds. The highest BCUT2D eigenvalue weighted by molar-refractivity contribution is 14.1. The van der Waals surface area contributed by atoms with Gasteiger partial charge in [-0.25, -0.2) is 0 Å². The molecular weight excluding hydrogens is 473 g/mol. The molecule has 0 aromatic heterocycles. The molecule has 0 aliphatic heterocycles. The first-order chi connectivity index (χ1) is 13.7. The minimum atomic E-state index is -0.0362. The smallest absolute Gasteiger partial charge is 0.170 e. The lowest BCUT2D eigenvalue weighted by Crippen LogP contribution is -2.02. The van der Waals surface area contributed by atoms with Gasteiger partial charge >= 0.3 is 0 Å². The summed E-state index contributed by atoms with van der Waals surface area (Å²) in [7, 11) is 0. The zero-order valence-corrected chi connectivity index (χ0v) is 17.2. The topological polar surface area (TPSA) is 83.2 Å². The fraction of sp³-hybridized carbons (Fsp3) is 0.143. The van der Waals surface area contributed by atoms with Crippen molar-refractivity contribution in [3.05, 3.63) is 72.3 Å². The Morgan fingerprint density at radius 3 is 2.32 bits per heavy atom. The van der Waals surface area contributed by atoms with E-state index in [4.69, 9.17) is 25.2 Å². The van der Waals surface area contributed by atoms with E-state index < -0.39 is 0 Å². The van der Waals surface area contributed by atoms with Crippen LogP contribution in [-0.4, -0.2) is 18.3 Å². The molecule has 0 aliphatic carbocycles. The van der Waals surface area contributed by atoms with Gasteiger partial charge in [-0.1, -0.05) is 18.2 Å². The molecule has 0 heterocycles. The second-order valence-corrected chi connectivity index (χ2v) is 6.29. The van der Waals surface area contributed by atoms with Crippen molar-refractivity contribution in [1.82, 2.24) is 0 Å². The number of hydrogen-bond donors (Lipinski definition) is 2. The molecule has 3 N–H and O–H groups in total. The summed E-state index contributed by atoms with van der Waals surface area (Å²) in [6.45, 7) is 0.629. The number of benzene rings is 3. The second kappa shape index (κ2) is 10.2. The molecule has 0 saturated carbocycles. The van der Waals surface area contributed by atoms with Gasteiger partial charge in [0.2, 0.25) is 0 Å². The molecule has 0 saturated heterocycles. The highest BCUT2D eigenvalue weighted by Gasteiger charge is 2.06. The zero-order valence-electron chi connectivity index (χ0n) is 15.0. The van der Waals surface area contributed by atoms with Crippen LogP contribution in [0.2, 0.25) is 0 Å². The number of hydrogen-bond acceptors (Lipinski definition) is 6. The summed E-state index contributed by atoms with van der Waals surface area (Å²) in [5, 5.41) is 8.85. The van der Waals surface area contributed by atoms with Crippen LogP contribution in [0.4, 0.5) is 5.69 Å². The van der Waals surface area contributed by atoms with Crippen LogP contribution in [0, 0.1) is 0 Å². The third kappa shape index (κ3) is 5.51. The van der Waals surface area contributed by atoms with E-state index in [-0.39, 0.29) is 13.2 Å². The summed E-state index contributed by atoms with van der Waals surface area (Å²) in [5.41, 5.74) is 9.73. The molecule has 7 heteroatoms. The summed E-state index contributed by atoms with van der Waals surface area (Å²) >= 11 is 1.66. The van der Waals surface area contributed by atoms with Crippen LogP contribution in [0.15, 0.2) is 66.7 Å². The van der Waals surface area contributed by atoms with Crippen molar-refractivity contribution in [2.45, 2.75) is 6.61 Å². The standard InChI is InChI=1S/C21H20INO5/c22-28-27-18-6-4-17(5-7-18)26-14-15-2-1-3-16(12-15)20-9-8-19(13-21(20)23)25-11-10-24/h1-9,12-13,24H,10-11,14,23H2. The Morgan fingerprint density at radius 2 is 1.61 bits per heavy atom. The van der Waals surface area contributed by atoms with E-state index in [1.807, 2.05) is 48.5 Å². The van der Waals surface area contributed by atoms with Crippen LogP contribution in [-0.2, 0) is 9.82 Å². The number of nitrogen functional groups attached to an aromatic ring is 1. The van der Waals surface area contributed by atoms with Gasteiger partial charge in [-0.15, -0.1) is 3.22 Å². The van der Waals surface area contributed by atoms with Gasteiger partial charge < -0.3 is 25.2 Å². The molecule has 146 valence electrons. The van der Waals surface area contributed by atoms with Gasteiger partial charge in [0.05, 0.1) is 6.61 Å². The van der Waals surface area contributed by atoms with Crippen molar-refractivity contribution >= 4 is 28.7 Å². The van der Waals surface area contributed by atoms with Crippen molar-refractivity contribution < 1.29 is 22.7 Å². The SMILES string of the molecule is Nc1cc(OCCO)ccc1-c1cccc(COc2ccc(OOI)cc2)c1. The Morgan fingerprint density at radius 1 is 0.857 bits per heavy atom. The summed E-state index contributed by atoms with van der Waals surface area (Å²) in [6, 6.07) is 20.7. The fourth-order valence-electron chi connectivity index (χ4n) is 2.68. The summed E-state index contributed by atoms with van der Waals surface area (Å²) in [6.07, 6.45) is 0. The molecule has 0 radical (unpaired) electrons. The number of aliphatic hydroxyl groups is 1. The maximum atomic E-state index is 8.85. The maximum Gasteiger partial charge on any atom is 0.170 e. The fourth-order valence-corrected chi connectivity index (χ4v) is 2.89. The van der Waals surface area contributed by atoms with Crippen LogP contribution in [0.3, 0.4) is 0 Å². The van der Waals surface area contributed by atoms with E-state index in [0.717, 1.165) is 22.4 Å². The molecule has 3 aromatic rings. The lowest BCUT2D eigenvalue weighted by molar-refractivity contribution is -0.0472. The summed E-state index contributed by atoms with van der Waals surface area (Å²) in [4.78, 5) is 4.93. The van der Waals surface area contributed by atoms with E-state index in [2.05, 4.69) is 3.22 Å². The van der Waals surface area contributed by atoms with Gasteiger partial charge in [-0.2, -0.15) is 0 Å². The molecule has 0 fully saturated rings. The van der Waals surface area contributed by atoms with Crippen LogP contribution in [0.5, 0.6) is 17.2 Å². The molecule has 0 unspecified atom stereocenters. The van der Waals surface area contributed by atoms with Crippen LogP contribution in [0.1, 0.15) is 5.56 Å². The molecule has 3 aromatic carbocycles. The molecule has 0 aliphatic rings. The van der Waals surface area contributed by atoms with Gasteiger partial charge in [0.1, 0.15) is 24.7 Å². The minimum Gasteiger partial charge on any atom is -0.491 e. The Kier molecular flexibility index (Phi) is 7.35. The number of rotatable bonds is 9. The largest absolute Gasteiger partial charge is 0.491 e. The first-order valence-corrected chi connectivity index (χ1v) is 9.48. The number of ether oxygens (including phenoxy) is 2. The average molecular weight is 493 g/mol. The highest BCUT2D eigenvalue weighted by atomic mass is 127. The predicted molar refractivity (Wildman–Crippen MR) is 115 cm³/mol. The van der Waals surface area contributed by atoms with Gasteiger partial charge in [0, 0.05) is 17.3 Å². The number of nitrogens with two attached hydrogens (primary N) is 1. The van der Waals surface area contributed by atoms with Gasteiger partial charge in [-0.3, -0.25) is 0 Å². The highest BCUT2D eigenvalue weighted by Crippen LogP contribution is 2.30. The van der Waals surface area contributed by atoms with E-state index in [1.165, 1.54) is 0 Å². The van der Waals surface area contributed by atoms with Crippen molar-refractivity contribution in [1.29, 1.82) is 0 Å². The maximum absolute atomic E-state index is 8.85. The van der Waals surface area contributed by atoms with Gasteiger partial charge in [-0.05, 0) is 53.6 Å². The summed E-state index contributed by atoms with van der Waals surface area (Å²) in [5.74, 6) is 1.97. The molecule has 28 heavy (non-hydrogen) atoms. The van der Waals surface area contributed by atoms with E-state index in [9.17, 15) is 0 Å². The number of halogens is 1. The molecule has 0 atom stereocenters.